The standard InChI is InChI=1S/C19H22BrN/c1-2-10-21-19-16(11-14-6-5-8-17(20)12-14)13-15-7-3-4-9-18(15)19/h3-9,12,16,19,21H,2,10-11,13H2,1H3. The van der Waals surface area contributed by atoms with Crippen molar-refractivity contribution in [3.8, 4) is 0 Å². The maximum absolute atomic E-state index is 3.76. The average molecular weight is 344 g/mol. The fourth-order valence-corrected chi connectivity index (χ4v) is 3.86. The zero-order chi connectivity index (χ0) is 14.7. The van der Waals surface area contributed by atoms with Gasteiger partial charge >= 0.3 is 0 Å². The van der Waals surface area contributed by atoms with Gasteiger partial charge in [0, 0.05) is 10.5 Å². The molecule has 0 heterocycles. The molecule has 0 aliphatic heterocycles. The van der Waals surface area contributed by atoms with E-state index in [1.165, 1.54) is 34.0 Å². The lowest BCUT2D eigenvalue weighted by molar-refractivity contribution is 0.387. The van der Waals surface area contributed by atoms with Gasteiger partial charge in [-0.15, -0.1) is 0 Å². The topological polar surface area (TPSA) is 12.0 Å². The number of fused-ring (bicyclic) bond motifs is 1. The maximum atomic E-state index is 3.76. The molecule has 0 spiro atoms. The van der Waals surface area contributed by atoms with Gasteiger partial charge in [-0.2, -0.15) is 0 Å². The maximum Gasteiger partial charge on any atom is 0.0357 e. The molecule has 2 aromatic carbocycles. The summed E-state index contributed by atoms with van der Waals surface area (Å²) in [6.07, 6.45) is 3.50. The van der Waals surface area contributed by atoms with Crippen LogP contribution < -0.4 is 5.32 Å². The molecule has 2 aromatic rings. The van der Waals surface area contributed by atoms with Gasteiger partial charge in [0.05, 0.1) is 0 Å². The first-order chi connectivity index (χ1) is 10.3. The summed E-state index contributed by atoms with van der Waals surface area (Å²) >= 11 is 3.58. The second-order valence-corrected chi connectivity index (χ2v) is 6.84. The summed E-state index contributed by atoms with van der Waals surface area (Å²) in [6, 6.07) is 18.1. The average Bonchev–Trinajstić information content (AvgIpc) is 2.82. The lowest BCUT2D eigenvalue weighted by Crippen LogP contribution is -2.27. The van der Waals surface area contributed by atoms with E-state index in [2.05, 4.69) is 76.7 Å². The molecule has 3 rings (SSSR count). The zero-order valence-electron chi connectivity index (χ0n) is 12.5. The van der Waals surface area contributed by atoms with Crippen molar-refractivity contribution >= 4 is 15.9 Å². The smallest absolute Gasteiger partial charge is 0.0357 e. The van der Waals surface area contributed by atoms with Gasteiger partial charge in [-0.1, -0.05) is 59.3 Å². The fraction of sp³-hybridized carbons (Fsp3) is 0.368. The molecule has 0 saturated carbocycles. The van der Waals surface area contributed by atoms with Crippen LogP contribution in [0.2, 0.25) is 0 Å². The van der Waals surface area contributed by atoms with Crippen molar-refractivity contribution in [2.24, 2.45) is 5.92 Å². The van der Waals surface area contributed by atoms with Crippen LogP contribution in [0.3, 0.4) is 0 Å². The van der Waals surface area contributed by atoms with E-state index < -0.39 is 0 Å². The van der Waals surface area contributed by atoms with Crippen molar-refractivity contribution in [3.05, 3.63) is 69.7 Å². The van der Waals surface area contributed by atoms with E-state index in [-0.39, 0.29) is 0 Å². The van der Waals surface area contributed by atoms with Crippen molar-refractivity contribution in [2.75, 3.05) is 6.54 Å². The first-order valence-corrected chi connectivity index (χ1v) is 8.63. The molecule has 0 saturated heterocycles. The minimum Gasteiger partial charge on any atom is -0.310 e. The number of nitrogens with one attached hydrogen (secondary N) is 1. The minimum absolute atomic E-state index is 0.500. The summed E-state index contributed by atoms with van der Waals surface area (Å²) in [6.45, 7) is 3.32. The highest BCUT2D eigenvalue weighted by molar-refractivity contribution is 9.10. The largest absolute Gasteiger partial charge is 0.310 e. The van der Waals surface area contributed by atoms with Gasteiger partial charge in [0.2, 0.25) is 0 Å². The van der Waals surface area contributed by atoms with Crippen molar-refractivity contribution in [1.29, 1.82) is 0 Å². The highest BCUT2D eigenvalue weighted by Gasteiger charge is 2.31. The normalized spacial score (nSPS) is 20.5. The van der Waals surface area contributed by atoms with Crippen LogP contribution in [0, 0.1) is 5.92 Å². The fourth-order valence-electron chi connectivity index (χ4n) is 3.41. The van der Waals surface area contributed by atoms with E-state index in [1.807, 2.05) is 0 Å². The van der Waals surface area contributed by atoms with E-state index in [0.29, 0.717) is 12.0 Å². The molecular formula is C19H22BrN. The van der Waals surface area contributed by atoms with Crippen molar-refractivity contribution in [2.45, 2.75) is 32.2 Å². The Morgan fingerprint density at radius 3 is 2.81 bits per heavy atom. The van der Waals surface area contributed by atoms with Crippen LogP contribution in [0.1, 0.15) is 36.1 Å². The Kier molecular flexibility index (Phi) is 4.77. The van der Waals surface area contributed by atoms with Gasteiger partial charge in [0.25, 0.3) is 0 Å². The molecule has 0 radical (unpaired) electrons. The van der Waals surface area contributed by atoms with Gasteiger partial charge in [-0.3, -0.25) is 0 Å². The third-order valence-corrected chi connectivity index (χ3v) is 4.84. The molecule has 1 nitrogen and oxygen atoms in total. The Balaban J connectivity index is 1.81. The van der Waals surface area contributed by atoms with E-state index in [9.17, 15) is 0 Å². The van der Waals surface area contributed by atoms with E-state index in [4.69, 9.17) is 0 Å². The second kappa shape index (κ2) is 6.76. The molecule has 0 fully saturated rings. The molecule has 1 aliphatic carbocycles. The molecule has 0 bridgehead atoms. The summed E-state index contributed by atoms with van der Waals surface area (Å²) in [5.41, 5.74) is 4.45. The number of hydrogen-bond acceptors (Lipinski definition) is 1. The van der Waals surface area contributed by atoms with Crippen molar-refractivity contribution < 1.29 is 0 Å². The van der Waals surface area contributed by atoms with Crippen LogP contribution in [0.5, 0.6) is 0 Å². The van der Waals surface area contributed by atoms with Crippen LogP contribution in [0.15, 0.2) is 53.0 Å². The van der Waals surface area contributed by atoms with Crippen LogP contribution in [0.25, 0.3) is 0 Å². The molecule has 1 aliphatic rings. The minimum atomic E-state index is 0.500. The van der Waals surface area contributed by atoms with Crippen molar-refractivity contribution in [1.82, 2.24) is 5.32 Å². The molecule has 0 aromatic heterocycles. The Morgan fingerprint density at radius 1 is 1.14 bits per heavy atom. The summed E-state index contributed by atoms with van der Waals surface area (Å²) in [4.78, 5) is 0. The molecule has 2 atom stereocenters. The Bertz CT molecular complexity index is 608. The van der Waals surface area contributed by atoms with Crippen LogP contribution in [0.4, 0.5) is 0 Å². The molecular weight excluding hydrogens is 322 g/mol. The lowest BCUT2D eigenvalue weighted by Gasteiger charge is -2.22. The van der Waals surface area contributed by atoms with Crippen LogP contribution in [-0.4, -0.2) is 6.54 Å². The van der Waals surface area contributed by atoms with Gasteiger partial charge in [-0.05, 0) is 60.5 Å². The van der Waals surface area contributed by atoms with Gasteiger partial charge in [-0.25, -0.2) is 0 Å². The van der Waals surface area contributed by atoms with Crippen molar-refractivity contribution in [3.63, 3.8) is 0 Å². The molecule has 110 valence electrons. The third-order valence-electron chi connectivity index (χ3n) is 4.34. The van der Waals surface area contributed by atoms with E-state index in [0.717, 1.165) is 13.0 Å². The first-order valence-electron chi connectivity index (χ1n) is 7.83. The Morgan fingerprint density at radius 2 is 2.00 bits per heavy atom. The highest BCUT2D eigenvalue weighted by atomic mass is 79.9. The summed E-state index contributed by atoms with van der Waals surface area (Å²) in [5, 5.41) is 3.76. The first kappa shape index (κ1) is 14.8. The summed E-state index contributed by atoms with van der Waals surface area (Å²) < 4.78 is 1.17. The number of halogens is 1. The monoisotopic (exact) mass is 343 g/mol. The zero-order valence-corrected chi connectivity index (χ0v) is 14.1. The van der Waals surface area contributed by atoms with Crippen LogP contribution >= 0.6 is 15.9 Å². The Labute approximate surface area is 135 Å². The predicted molar refractivity (Wildman–Crippen MR) is 92.5 cm³/mol. The third kappa shape index (κ3) is 3.38. The molecule has 0 amide bonds. The summed E-state index contributed by atoms with van der Waals surface area (Å²) in [7, 11) is 0. The lowest BCUT2D eigenvalue weighted by atomic mass is 9.92. The second-order valence-electron chi connectivity index (χ2n) is 5.93. The molecule has 21 heavy (non-hydrogen) atoms. The van der Waals surface area contributed by atoms with Gasteiger partial charge in [0.15, 0.2) is 0 Å². The quantitative estimate of drug-likeness (QED) is 0.813. The van der Waals surface area contributed by atoms with Gasteiger partial charge in [0.1, 0.15) is 0 Å². The number of hydrogen-bond donors (Lipinski definition) is 1. The van der Waals surface area contributed by atoms with E-state index >= 15 is 0 Å². The number of rotatable bonds is 5. The van der Waals surface area contributed by atoms with E-state index in [1.54, 1.807) is 0 Å². The Hall–Kier alpha value is -1.12. The van der Waals surface area contributed by atoms with Crippen LogP contribution in [-0.2, 0) is 12.8 Å². The SMILES string of the molecule is CCCNC1c2ccccc2CC1Cc1cccc(Br)c1. The highest BCUT2D eigenvalue weighted by Crippen LogP contribution is 2.38. The predicted octanol–water partition coefficient (Wildman–Crippen LogP) is 4.90. The molecule has 2 unspecified atom stereocenters. The number of benzene rings is 2. The van der Waals surface area contributed by atoms with Gasteiger partial charge < -0.3 is 5.32 Å². The molecule has 1 N–H and O–H groups in total. The summed E-state index contributed by atoms with van der Waals surface area (Å²) in [5.74, 6) is 0.656. The molecule has 2 heteroatoms.